The number of hydrogen-bond acceptors (Lipinski definition) is 4. The Bertz CT molecular complexity index is 453. The molecule has 0 atom stereocenters. The van der Waals surface area contributed by atoms with Crippen molar-refractivity contribution in [2.45, 2.75) is 24.8 Å². The van der Waals surface area contributed by atoms with E-state index >= 15 is 0 Å². The van der Waals surface area contributed by atoms with E-state index in [1.165, 1.54) is 18.2 Å². The molecule has 0 aliphatic heterocycles. The zero-order valence-electron chi connectivity index (χ0n) is 8.47. The Balaban J connectivity index is 3.33. The quantitative estimate of drug-likeness (QED) is 0.806. The van der Waals surface area contributed by atoms with E-state index in [2.05, 4.69) is 0 Å². The van der Waals surface area contributed by atoms with E-state index in [0.29, 0.717) is 0 Å². The van der Waals surface area contributed by atoms with Gasteiger partial charge in [-0.3, -0.25) is 0 Å². The van der Waals surface area contributed by atoms with E-state index < -0.39 is 10.0 Å². The molecule has 1 aromatic carbocycles. The number of sulfonamides is 1. The number of benzene rings is 1. The highest BCUT2D eigenvalue weighted by Crippen LogP contribution is 2.33. The van der Waals surface area contributed by atoms with Crippen molar-refractivity contribution >= 4 is 10.0 Å². The molecule has 1 aromatic rings. The molecule has 3 N–H and O–H groups in total. The van der Waals surface area contributed by atoms with Gasteiger partial charge in [-0.05, 0) is 26.0 Å². The number of aromatic hydroxyl groups is 1. The van der Waals surface area contributed by atoms with Crippen molar-refractivity contribution in [2.24, 2.45) is 5.14 Å². The van der Waals surface area contributed by atoms with E-state index in [-0.39, 0.29) is 22.5 Å². The molecule has 6 heteroatoms. The summed E-state index contributed by atoms with van der Waals surface area (Å²) in [5.74, 6) is -0.342. The number of rotatable bonds is 3. The molecule has 0 saturated carbocycles. The first-order chi connectivity index (χ1) is 6.82. The fourth-order valence-electron chi connectivity index (χ4n) is 1.08. The molecule has 84 valence electrons. The van der Waals surface area contributed by atoms with Gasteiger partial charge in [-0.15, -0.1) is 0 Å². The Morgan fingerprint density at radius 1 is 1.40 bits per heavy atom. The van der Waals surface area contributed by atoms with Crippen LogP contribution in [-0.4, -0.2) is 19.6 Å². The van der Waals surface area contributed by atoms with Gasteiger partial charge in [-0.2, -0.15) is 0 Å². The van der Waals surface area contributed by atoms with Gasteiger partial charge < -0.3 is 9.84 Å². The van der Waals surface area contributed by atoms with E-state index in [9.17, 15) is 13.5 Å². The van der Waals surface area contributed by atoms with E-state index in [4.69, 9.17) is 9.88 Å². The van der Waals surface area contributed by atoms with E-state index in [0.717, 1.165) is 0 Å². The third-order valence-corrected chi connectivity index (χ3v) is 2.55. The van der Waals surface area contributed by atoms with Crippen molar-refractivity contribution in [1.82, 2.24) is 0 Å². The maximum absolute atomic E-state index is 11.2. The lowest BCUT2D eigenvalue weighted by Gasteiger charge is -2.14. The lowest BCUT2D eigenvalue weighted by molar-refractivity contribution is 0.225. The molecular weight excluding hydrogens is 218 g/mol. The van der Waals surface area contributed by atoms with Crippen molar-refractivity contribution in [3.8, 4) is 11.5 Å². The van der Waals surface area contributed by atoms with E-state index in [1.54, 1.807) is 13.8 Å². The van der Waals surface area contributed by atoms with Gasteiger partial charge in [-0.25, -0.2) is 13.6 Å². The zero-order valence-corrected chi connectivity index (χ0v) is 9.28. The molecular formula is C9H13NO4S. The normalized spacial score (nSPS) is 11.7. The molecule has 0 unspecified atom stereocenters. The standard InChI is InChI=1S/C9H13NO4S/c1-6(2)14-9-7(11)4-3-5-8(9)15(10,12)13/h3-6,11H,1-2H3,(H2,10,12,13). The van der Waals surface area contributed by atoms with Crippen molar-refractivity contribution in [2.75, 3.05) is 0 Å². The summed E-state index contributed by atoms with van der Waals surface area (Å²) < 4.78 is 27.5. The molecule has 0 spiro atoms. The van der Waals surface area contributed by atoms with Crippen LogP contribution in [0.3, 0.4) is 0 Å². The van der Waals surface area contributed by atoms with Gasteiger partial charge in [-0.1, -0.05) is 6.07 Å². The summed E-state index contributed by atoms with van der Waals surface area (Å²) in [4.78, 5) is -0.212. The smallest absolute Gasteiger partial charge is 0.241 e. The predicted molar refractivity (Wildman–Crippen MR) is 55.2 cm³/mol. The first kappa shape index (κ1) is 11.8. The SMILES string of the molecule is CC(C)Oc1c(O)cccc1S(N)(=O)=O. The third-order valence-electron chi connectivity index (χ3n) is 1.62. The van der Waals surface area contributed by atoms with Gasteiger partial charge in [0, 0.05) is 0 Å². The first-order valence-corrected chi connectivity index (χ1v) is 5.88. The van der Waals surface area contributed by atoms with Crippen LogP contribution < -0.4 is 9.88 Å². The van der Waals surface area contributed by atoms with Gasteiger partial charge in [0.2, 0.25) is 10.0 Å². The minimum Gasteiger partial charge on any atom is -0.504 e. The Labute approximate surface area is 88.5 Å². The number of hydrogen-bond donors (Lipinski definition) is 2. The summed E-state index contributed by atoms with van der Waals surface area (Å²) in [5.41, 5.74) is 0. The molecule has 0 heterocycles. The molecule has 0 radical (unpaired) electrons. The lowest BCUT2D eigenvalue weighted by Crippen LogP contribution is -2.16. The third kappa shape index (κ3) is 2.84. The Morgan fingerprint density at radius 3 is 2.47 bits per heavy atom. The van der Waals surface area contributed by atoms with Crippen molar-refractivity contribution in [3.05, 3.63) is 18.2 Å². The fraction of sp³-hybridized carbons (Fsp3) is 0.333. The van der Waals surface area contributed by atoms with Crippen LogP contribution in [0.5, 0.6) is 11.5 Å². The largest absolute Gasteiger partial charge is 0.504 e. The first-order valence-electron chi connectivity index (χ1n) is 4.34. The molecule has 0 amide bonds. The van der Waals surface area contributed by atoms with Crippen LogP contribution in [0.15, 0.2) is 23.1 Å². The van der Waals surface area contributed by atoms with Crippen molar-refractivity contribution in [1.29, 1.82) is 0 Å². The fourth-order valence-corrected chi connectivity index (χ4v) is 1.76. The van der Waals surface area contributed by atoms with Gasteiger partial charge in [0.15, 0.2) is 11.5 Å². The minimum atomic E-state index is -3.89. The highest BCUT2D eigenvalue weighted by molar-refractivity contribution is 7.89. The second-order valence-electron chi connectivity index (χ2n) is 3.32. The van der Waals surface area contributed by atoms with Gasteiger partial charge in [0.05, 0.1) is 6.10 Å². The van der Waals surface area contributed by atoms with Crippen LogP contribution in [0.2, 0.25) is 0 Å². The Kier molecular flexibility index (Phi) is 3.21. The van der Waals surface area contributed by atoms with Gasteiger partial charge >= 0.3 is 0 Å². The average molecular weight is 231 g/mol. The summed E-state index contributed by atoms with van der Waals surface area (Å²) in [5, 5.41) is 14.4. The topological polar surface area (TPSA) is 89.6 Å². The predicted octanol–water partition coefficient (Wildman–Crippen LogP) is 0.827. The number of phenolic OH excluding ortho intramolecular Hbond substituents is 1. The van der Waals surface area contributed by atoms with Crippen LogP contribution in [0.1, 0.15) is 13.8 Å². The Hall–Kier alpha value is -1.27. The minimum absolute atomic E-state index is 0.102. The number of para-hydroxylation sites is 1. The van der Waals surface area contributed by atoms with Crippen molar-refractivity contribution in [3.63, 3.8) is 0 Å². The second-order valence-corrected chi connectivity index (χ2v) is 4.85. The van der Waals surface area contributed by atoms with Crippen LogP contribution in [0.4, 0.5) is 0 Å². The summed E-state index contributed by atoms with van der Waals surface area (Å²) >= 11 is 0. The molecule has 1 rings (SSSR count). The monoisotopic (exact) mass is 231 g/mol. The van der Waals surface area contributed by atoms with Crippen LogP contribution in [0, 0.1) is 0 Å². The number of phenols is 1. The molecule has 15 heavy (non-hydrogen) atoms. The Morgan fingerprint density at radius 2 is 2.00 bits per heavy atom. The summed E-state index contributed by atoms with van der Waals surface area (Å²) in [6, 6.07) is 4.02. The lowest BCUT2D eigenvalue weighted by atomic mass is 10.3. The highest BCUT2D eigenvalue weighted by atomic mass is 32.2. The number of nitrogens with two attached hydrogens (primary N) is 1. The van der Waals surface area contributed by atoms with Crippen LogP contribution in [-0.2, 0) is 10.0 Å². The molecule has 0 aromatic heterocycles. The molecule has 0 aliphatic rings. The molecule has 0 bridgehead atoms. The number of ether oxygens (including phenoxy) is 1. The zero-order chi connectivity index (χ0) is 11.6. The number of primary sulfonamides is 1. The van der Waals surface area contributed by atoms with Crippen molar-refractivity contribution < 1.29 is 18.3 Å². The second kappa shape index (κ2) is 4.08. The van der Waals surface area contributed by atoms with E-state index in [1.807, 2.05) is 0 Å². The maximum atomic E-state index is 11.2. The van der Waals surface area contributed by atoms with Gasteiger partial charge in [0.25, 0.3) is 0 Å². The highest BCUT2D eigenvalue weighted by Gasteiger charge is 2.19. The molecule has 0 aliphatic carbocycles. The molecule has 5 nitrogen and oxygen atoms in total. The molecule has 0 fully saturated rings. The molecule has 0 saturated heterocycles. The van der Waals surface area contributed by atoms with Gasteiger partial charge in [0.1, 0.15) is 4.90 Å². The summed E-state index contributed by atoms with van der Waals surface area (Å²) in [6.07, 6.45) is -0.251. The maximum Gasteiger partial charge on any atom is 0.241 e. The average Bonchev–Trinajstić information content (AvgIpc) is 2.05. The summed E-state index contributed by atoms with van der Waals surface area (Å²) in [6.45, 7) is 3.44. The van der Waals surface area contributed by atoms with Crippen LogP contribution in [0.25, 0.3) is 0 Å². The van der Waals surface area contributed by atoms with Crippen LogP contribution >= 0.6 is 0 Å². The summed E-state index contributed by atoms with van der Waals surface area (Å²) in [7, 11) is -3.89.